The highest BCUT2D eigenvalue weighted by atomic mass is 35.5. The van der Waals surface area contributed by atoms with Gasteiger partial charge in [0.25, 0.3) is 0 Å². The third-order valence-corrected chi connectivity index (χ3v) is 6.79. The summed E-state index contributed by atoms with van der Waals surface area (Å²) in [5, 5.41) is 2.70. The molecule has 0 fully saturated rings. The SMILES string of the molecule is CCC(=O)N(CC(=O)N1CCc2sccc2C1COc1ccc(Cl)cc1)Cc1ccco1. The van der Waals surface area contributed by atoms with Crippen LogP contribution in [0.5, 0.6) is 5.75 Å². The molecule has 6 nitrogen and oxygen atoms in total. The number of nitrogens with zero attached hydrogens (tertiary/aromatic N) is 2. The summed E-state index contributed by atoms with van der Waals surface area (Å²) in [6, 6.07) is 12.6. The summed E-state index contributed by atoms with van der Waals surface area (Å²) in [5.41, 5.74) is 1.11. The standard InChI is InChI=1S/C24H25ClN2O4S/c1-2-23(28)26(14-19-4-3-12-30-19)15-24(29)27-11-9-22-20(10-13-32-22)21(27)16-31-18-7-5-17(25)6-8-18/h3-8,10,12-13,21H,2,9,11,14-16H2,1H3. The number of carbonyl (C=O) groups is 2. The number of rotatable bonds is 8. The van der Waals surface area contributed by atoms with Crippen LogP contribution in [0.2, 0.25) is 5.02 Å². The van der Waals surface area contributed by atoms with Gasteiger partial charge in [-0.05, 0) is 59.8 Å². The Bertz CT molecular complexity index is 1050. The van der Waals surface area contributed by atoms with Crippen LogP contribution in [0.1, 0.15) is 35.6 Å². The zero-order valence-electron chi connectivity index (χ0n) is 17.8. The third kappa shape index (κ3) is 5.16. The van der Waals surface area contributed by atoms with Crippen LogP contribution in [-0.2, 0) is 22.6 Å². The number of halogens is 1. The van der Waals surface area contributed by atoms with Crippen molar-refractivity contribution in [1.82, 2.24) is 9.80 Å². The van der Waals surface area contributed by atoms with E-state index in [9.17, 15) is 9.59 Å². The van der Waals surface area contributed by atoms with Crippen molar-refractivity contribution >= 4 is 34.8 Å². The van der Waals surface area contributed by atoms with Crippen LogP contribution in [0, 0.1) is 0 Å². The van der Waals surface area contributed by atoms with E-state index in [1.165, 1.54) is 4.88 Å². The fourth-order valence-electron chi connectivity index (χ4n) is 3.88. The lowest BCUT2D eigenvalue weighted by Gasteiger charge is -2.37. The highest BCUT2D eigenvalue weighted by molar-refractivity contribution is 7.10. The summed E-state index contributed by atoms with van der Waals surface area (Å²) in [5.74, 6) is 1.17. The number of fused-ring (bicyclic) bond motifs is 1. The first-order chi connectivity index (χ1) is 15.5. The number of hydrogen-bond donors (Lipinski definition) is 0. The number of carbonyl (C=O) groups excluding carboxylic acids is 2. The van der Waals surface area contributed by atoms with Crippen molar-refractivity contribution in [2.75, 3.05) is 19.7 Å². The Hall–Kier alpha value is -2.77. The summed E-state index contributed by atoms with van der Waals surface area (Å²) >= 11 is 7.67. The highest BCUT2D eigenvalue weighted by Gasteiger charge is 2.33. The molecule has 168 valence electrons. The van der Waals surface area contributed by atoms with E-state index in [2.05, 4.69) is 11.4 Å². The molecule has 0 radical (unpaired) electrons. The zero-order chi connectivity index (χ0) is 22.5. The maximum Gasteiger partial charge on any atom is 0.242 e. The number of furan rings is 1. The van der Waals surface area contributed by atoms with Crippen LogP contribution < -0.4 is 4.74 Å². The van der Waals surface area contributed by atoms with Gasteiger partial charge in [0.1, 0.15) is 24.7 Å². The topological polar surface area (TPSA) is 63.0 Å². The van der Waals surface area contributed by atoms with Gasteiger partial charge >= 0.3 is 0 Å². The minimum absolute atomic E-state index is 0.00425. The van der Waals surface area contributed by atoms with Crippen molar-refractivity contribution in [3.63, 3.8) is 0 Å². The van der Waals surface area contributed by atoms with Gasteiger partial charge in [0, 0.05) is 22.9 Å². The van der Waals surface area contributed by atoms with Crippen LogP contribution >= 0.6 is 22.9 Å². The molecule has 1 atom stereocenters. The molecule has 0 saturated carbocycles. The summed E-state index contributed by atoms with van der Waals surface area (Å²) in [7, 11) is 0. The summed E-state index contributed by atoms with van der Waals surface area (Å²) in [6.07, 6.45) is 2.69. The first kappa shape index (κ1) is 22.4. The van der Waals surface area contributed by atoms with Gasteiger partial charge in [0.15, 0.2) is 0 Å². The number of hydrogen-bond acceptors (Lipinski definition) is 5. The molecule has 0 saturated heterocycles. The molecule has 0 bridgehead atoms. The number of thiophene rings is 1. The molecular weight excluding hydrogens is 448 g/mol. The molecule has 1 aliphatic rings. The summed E-state index contributed by atoms with van der Waals surface area (Å²) < 4.78 is 11.4. The Morgan fingerprint density at radius 2 is 2.06 bits per heavy atom. The van der Waals surface area contributed by atoms with E-state index in [-0.39, 0.29) is 30.9 Å². The molecule has 32 heavy (non-hydrogen) atoms. The molecule has 0 N–H and O–H groups in total. The molecule has 4 rings (SSSR count). The van der Waals surface area contributed by atoms with E-state index in [1.54, 1.807) is 47.6 Å². The van der Waals surface area contributed by atoms with Gasteiger partial charge in [0.05, 0.1) is 18.8 Å². The molecule has 0 aliphatic carbocycles. The molecule has 1 aliphatic heterocycles. The molecular formula is C24H25ClN2O4S. The van der Waals surface area contributed by atoms with Crippen molar-refractivity contribution in [2.24, 2.45) is 0 Å². The van der Waals surface area contributed by atoms with Crippen molar-refractivity contribution in [2.45, 2.75) is 32.4 Å². The summed E-state index contributed by atoms with van der Waals surface area (Å²) in [4.78, 5) is 30.6. The summed E-state index contributed by atoms with van der Waals surface area (Å²) in [6.45, 7) is 3.00. The minimum Gasteiger partial charge on any atom is -0.491 e. The maximum absolute atomic E-state index is 13.4. The Morgan fingerprint density at radius 3 is 2.78 bits per heavy atom. The molecule has 3 heterocycles. The third-order valence-electron chi connectivity index (χ3n) is 5.54. The lowest BCUT2D eigenvalue weighted by molar-refractivity contribution is -0.143. The quantitative estimate of drug-likeness (QED) is 0.466. The van der Waals surface area contributed by atoms with Crippen LogP contribution in [0.25, 0.3) is 0 Å². The predicted octanol–water partition coefficient (Wildman–Crippen LogP) is 4.94. The molecule has 3 aromatic rings. The smallest absolute Gasteiger partial charge is 0.242 e. The van der Waals surface area contributed by atoms with Crippen LogP contribution in [0.4, 0.5) is 0 Å². The first-order valence-corrected chi connectivity index (χ1v) is 11.8. The Balaban J connectivity index is 1.50. The number of ether oxygens (including phenoxy) is 1. The maximum atomic E-state index is 13.4. The van der Waals surface area contributed by atoms with Gasteiger partial charge < -0.3 is 19.0 Å². The van der Waals surface area contributed by atoms with Gasteiger partial charge in [-0.2, -0.15) is 0 Å². The fraction of sp³-hybridized carbons (Fsp3) is 0.333. The van der Waals surface area contributed by atoms with Crippen LogP contribution in [-0.4, -0.2) is 41.3 Å². The average molecular weight is 473 g/mol. The van der Waals surface area contributed by atoms with Crippen molar-refractivity contribution < 1.29 is 18.7 Å². The van der Waals surface area contributed by atoms with Crippen molar-refractivity contribution in [3.05, 3.63) is 75.3 Å². The van der Waals surface area contributed by atoms with Crippen LogP contribution in [0.3, 0.4) is 0 Å². The van der Waals surface area contributed by atoms with E-state index in [4.69, 9.17) is 20.8 Å². The monoisotopic (exact) mass is 472 g/mol. The Kier molecular flexibility index (Phi) is 7.17. The predicted molar refractivity (Wildman–Crippen MR) is 124 cm³/mol. The Labute approximate surface area is 196 Å². The van der Waals surface area contributed by atoms with E-state index < -0.39 is 0 Å². The normalized spacial score (nSPS) is 15.3. The lowest BCUT2D eigenvalue weighted by atomic mass is 10.0. The van der Waals surface area contributed by atoms with E-state index in [0.717, 1.165) is 12.0 Å². The van der Waals surface area contributed by atoms with Crippen molar-refractivity contribution in [3.8, 4) is 5.75 Å². The fourth-order valence-corrected chi connectivity index (χ4v) is 4.94. The van der Waals surface area contributed by atoms with E-state index in [1.807, 2.05) is 23.1 Å². The molecule has 1 unspecified atom stereocenters. The van der Waals surface area contributed by atoms with Gasteiger partial charge in [0.2, 0.25) is 11.8 Å². The molecule has 2 aromatic heterocycles. The highest BCUT2D eigenvalue weighted by Crippen LogP contribution is 2.34. The zero-order valence-corrected chi connectivity index (χ0v) is 19.4. The second kappa shape index (κ2) is 10.2. The largest absolute Gasteiger partial charge is 0.491 e. The average Bonchev–Trinajstić information content (AvgIpc) is 3.49. The molecule has 0 spiro atoms. The van der Waals surface area contributed by atoms with E-state index >= 15 is 0 Å². The second-order valence-corrected chi connectivity index (χ2v) is 9.04. The minimum atomic E-state index is -0.213. The van der Waals surface area contributed by atoms with Gasteiger partial charge in [-0.15, -0.1) is 11.3 Å². The molecule has 1 aromatic carbocycles. The Morgan fingerprint density at radius 1 is 1.25 bits per heavy atom. The van der Waals surface area contributed by atoms with Gasteiger partial charge in [-0.1, -0.05) is 18.5 Å². The second-order valence-electron chi connectivity index (χ2n) is 7.60. The van der Waals surface area contributed by atoms with E-state index in [0.29, 0.717) is 36.1 Å². The van der Waals surface area contributed by atoms with Crippen molar-refractivity contribution in [1.29, 1.82) is 0 Å². The number of amides is 2. The molecule has 8 heteroatoms. The first-order valence-electron chi connectivity index (χ1n) is 10.6. The lowest BCUT2D eigenvalue weighted by Crippen LogP contribution is -2.47. The van der Waals surface area contributed by atoms with Gasteiger partial charge in [-0.3, -0.25) is 9.59 Å². The van der Waals surface area contributed by atoms with Gasteiger partial charge in [-0.25, -0.2) is 0 Å². The molecule has 2 amide bonds. The number of benzene rings is 1. The van der Waals surface area contributed by atoms with Crippen LogP contribution in [0.15, 0.2) is 58.5 Å².